The Labute approximate surface area is 224 Å². The molecule has 5 aliphatic rings. The summed E-state index contributed by atoms with van der Waals surface area (Å²) in [5, 5.41) is 9.98. The van der Waals surface area contributed by atoms with E-state index in [1.54, 1.807) is 13.8 Å². The fourth-order valence-electron chi connectivity index (χ4n) is 8.23. The molecule has 0 radical (unpaired) electrons. The summed E-state index contributed by atoms with van der Waals surface area (Å²) in [5.41, 5.74) is -2.30. The molecule has 0 aromatic heterocycles. The zero-order chi connectivity index (χ0) is 27.6. The first-order valence-electron chi connectivity index (χ1n) is 14.0. The van der Waals surface area contributed by atoms with Crippen LogP contribution in [0.5, 0.6) is 0 Å². The lowest BCUT2D eigenvalue weighted by atomic mass is 9.42. The summed E-state index contributed by atoms with van der Waals surface area (Å²) >= 11 is 0. The number of carbonyl (C=O) groups excluding carboxylic acids is 3. The zero-order valence-electron chi connectivity index (χ0n) is 23.3. The quantitative estimate of drug-likeness (QED) is 0.306. The smallest absolute Gasteiger partial charge is 0.308 e. The molecule has 10 nitrogen and oxygen atoms in total. The Balaban J connectivity index is 1.58. The SMILES string of the molecule is CC(=O)OCC12C(OC(C)=O)CC(C)C(C)(C3CC4CC(O)OC4O3)C1CCC(OC(=O)C(C)C)C21CO1. The van der Waals surface area contributed by atoms with Crippen LogP contribution in [0.25, 0.3) is 0 Å². The Morgan fingerprint density at radius 1 is 1.00 bits per heavy atom. The highest BCUT2D eigenvalue weighted by molar-refractivity contribution is 5.72. The van der Waals surface area contributed by atoms with Crippen molar-refractivity contribution in [3.05, 3.63) is 0 Å². The van der Waals surface area contributed by atoms with Crippen molar-refractivity contribution in [1.29, 1.82) is 0 Å². The maximum Gasteiger partial charge on any atom is 0.308 e. The normalized spacial score (nSPS) is 47.4. The van der Waals surface area contributed by atoms with E-state index in [1.165, 1.54) is 13.8 Å². The van der Waals surface area contributed by atoms with E-state index in [0.29, 0.717) is 32.3 Å². The number of hydrogen-bond acceptors (Lipinski definition) is 10. The van der Waals surface area contributed by atoms with Crippen LogP contribution in [0.3, 0.4) is 0 Å². The number of fused-ring (bicyclic) bond motifs is 3. The third kappa shape index (κ3) is 4.17. The summed E-state index contributed by atoms with van der Waals surface area (Å²) < 4.78 is 36.2. The second-order valence-corrected chi connectivity index (χ2v) is 12.6. The molecular weight excluding hydrogens is 496 g/mol. The topological polar surface area (TPSA) is 130 Å². The lowest BCUT2D eigenvalue weighted by molar-refractivity contribution is -0.276. The van der Waals surface area contributed by atoms with Crippen LogP contribution in [0, 0.1) is 34.5 Å². The lowest BCUT2D eigenvalue weighted by Crippen LogP contribution is -2.72. The summed E-state index contributed by atoms with van der Waals surface area (Å²) in [6.45, 7) is 11.0. The number of rotatable bonds is 6. The monoisotopic (exact) mass is 538 g/mol. The van der Waals surface area contributed by atoms with Gasteiger partial charge in [-0.05, 0) is 37.5 Å². The van der Waals surface area contributed by atoms with E-state index in [-0.39, 0.29) is 42.4 Å². The summed E-state index contributed by atoms with van der Waals surface area (Å²) in [6.07, 6.45) is 0.418. The minimum Gasteiger partial charge on any atom is -0.465 e. The first kappa shape index (κ1) is 27.8. The molecule has 0 aromatic rings. The number of carbonyl (C=O) groups is 3. The fraction of sp³-hybridized carbons (Fsp3) is 0.893. The molecule has 3 heterocycles. The Morgan fingerprint density at radius 3 is 2.29 bits per heavy atom. The zero-order valence-corrected chi connectivity index (χ0v) is 23.3. The van der Waals surface area contributed by atoms with Crippen molar-refractivity contribution in [2.45, 2.75) is 110 Å². The summed E-state index contributed by atoms with van der Waals surface area (Å²) in [5.74, 6) is -1.43. The standard InChI is InChI=1S/C28H42O10/c1-14(2)24(32)36-20-8-7-19-26(6,21-10-18-11-23(31)38-25(18)37-21)15(3)9-22(35-17(5)30)27(19,12-33-16(4)29)28(20)13-34-28/h14-15,18-23,25,31H,7-13H2,1-6H3. The van der Waals surface area contributed by atoms with Crippen molar-refractivity contribution in [3.8, 4) is 0 Å². The summed E-state index contributed by atoms with van der Waals surface area (Å²) in [7, 11) is 0. The molecule has 10 heteroatoms. The molecule has 11 atom stereocenters. The lowest BCUT2D eigenvalue weighted by Gasteiger charge is -2.64. The second-order valence-electron chi connectivity index (χ2n) is 12.6. The minimum absolute atomic E-state index is 0.0161. The third-order valence-electron chi connectivity index (χ3n) is 10.3. The van der Waals surface area contributed by atoms with Crippen LogP contribution in [0.4, 0.5) is 0 Å². The van der Waals surface area contributed by atoms with Gasteiger partial charge in [-0.2, -0.15) is 0 Å². The van der Waals surface area contributed by atoms with Gasteiger partial charge < -0.3 is 33.5 Å². The Kier molecular flexibility index (Phi) is 7.11. The van der Waals surface area contributed by atoms with E-state index in [4.69, 9.17) is 28.4 Å². The number of aliphatic hydroxyl groups excluding tert-OH is 1. The molecule has 3 aliphatic heterocycles. The summed E-state index contributed by atoms with van der Waals surface area (Å²) in [4.78, 5) is 37.3. The third-order valence-corrected chi connectivity index (χ3v) is 10.3. The molecule has 0 bridgehead atoms. The van der Waals surface area contributed by atoms with E-state index in [1.807, 2.05) is 0 Å². The second kappa shape index (κ2) is 9.71. The number of ether oxygens (including phenoxy) is 6. The number of aliphatic hydroxyl groups is 1. The van der Waals surface area contributed by atoms with E-state index in [2.05, 4.69) is 13.8 Å². The molecule has 38 heavy (non-hydrogen) atoms. The van der Waals surface area contributed by atoms with Crippen LogP contribution in [0.2, 0.25) is 0 Å². The highest BCUT2D eigenvalue weighted by Gasteiger charge is 2.80. The molecular formula is C28H42O10. The molecule has 3 saturated heterocycles. The number of epoxide rings is 1. The average molecular weight is 539 g/mol. The molecule has 5 fully saturated rings. The van der Waals surface area contributed by atoms with Crippen molar-refractivity contribution in [2.24, 2.45) is 34.5 Å². The minimum atomic E-state index is -0.946. The fourth-order valence-corrected chi connectivity index (χ4v) is 8.23. The van der Waals surface area contributed by atoms with Crippen molar-refractivity contribution < 1.29 is 47.9 Å². The first-order chi connectivity index (χ1) is 17.8. The van der Waals surface area contributed by atoms with Crippen LogP contribution in [0.15, 0.2) is 0 Å². The van der Waals surface area contributed by atoms with Gasteiger partial charge in [0, 0.05) is 31.6 Å². The maximum absolute atomic E-state index is 12.7. The Bertz CT molecular complexity index is 947. The molecule has 1 spiro atoms. The van der Waals surface area contributed by atoms with Crippen LogP contribution in [0.1, 0.15) is 73.6 Å². The predicted molar refractivity (Wildman–Crippen MR) is 131 cm³/mol. The summed E-state index contributed by atoms with van der Waals surface area (Å²) in [6, 6.07) is 0. The number of esters is 3. The van der Waals surface area contributed by atoms with Gasteiger partial charge in [0.05, 0.1) is 24.0 Å². The van der Waals surface area contributed by atoms with Crippen molar-refractivity contribution in [2.75, 3.05) is 13.2 Å². The maximum atomic E-state index is 12.7. The molecule has 5 rings (SSSR count). The average Bonchev–Trinajstić information content (AvgIpc) is 3.40. The van der Waals surface area contributed by atoms with Gasteiger partial charge in [-0.3, -0.25) is 14.4 Å². The molecule has 214 valence electrons. The van der Waals surface area contributed by atoms with Crippen molar-refractivity contribution in [1.82, 2.24) is 0 Å². The van der Waals surface area contributed by atoms with Gasteiger partial charge in [0.25, 0.3) is 0 Å². The van der Waals surface area contributed by atoms with E-state index < -0.39 is 53.2 Å². The van der Waals surface area contributed by atoms with E-state index in [9.17, 15) is 19.5 Å². The van der Waals surface area contributed by atoms with Gasteiger partial charge >= 0.3 is 17.9 Å². The molecule has 2 saturated carbocycles. The van der Waals surface area contributed by atoms with E-state index in [0.717, 1.165) is 6.42 Å². The van der Waals surface area contributed by atoms with Gasteiger partial charge in [0.1, 0.15) is 24.4 Å². The molecule has 0 aromatic carbocycles. The van der Waals surface area contributed by atoms with Crippen molar-refractivity contribution in [3.63, 3.8) is 0 Å². The van der Waals surface area contributed by atoms with Crippen LogP contribution < -0.4 is 0 Å². The van der Waals surface area contributed by atoms with E-state index >= 15 is 0 Å². The molecule has 1 N–H and O–H groups in total. The predicted octanol–water partition coefficient (Wildman–Crippen LogP) is 2.73. The van der Waals surface area contributed by atoms with Gasteiger partial charge in [-0.15, -0.1) is 0 Å². The Hall–Kier alpha value is -1.75. The first-order valence-corrected chi connectivity index (χ1v) is 14.0. The van der Waals surface area contributed by atoms with Crippen molar-refractivity contribution >= 4 is 17.9 Å². The van der Waals surface area contributed by atoms with Crippen LogP contribution in [-0.2, 0) is 42.8 Å². The van der Waals surface area contributed by atoms with Gasteiger partial charge in [-0.25, -0.2) is 0 Å². The van der Waals surface area contributed by atoms with Gasteiger partial charge in [0.15, 0.2) is 12.6 Å². The van der Waals surface area contributed by atoms with Crippen LogP contribution in [-0.4, -0.2) is 72.7 Å². The van der Waals surface area contributed by atoms with Gasteiger partial charge in [-0.1, -0.05) is 27.7 Å². The Morgan fingerprint density at radius 2 is 1.71 bits per heavy atom. The highest BCUT2D eigenvalue weighted by Crippen LogP contribution is 2.70. The molecule has 0 amide bonds. The largest absolute Gasteiger partial charge is 0.465 e. The number of hydrogen-bond donors (Lipinski definition) is 1. The van der Waals surface area contributed by atoms with Crippen LogP contribution >= 0.6 is 0 Å². The molecule has 2 aliphatic carbocycles. The highest BCUT2D eigenvalue weighted by atomic mass is 16.7. The van der Waals surface area contributed by atoms with Gasteiger partial charge in [0.2, 0.25) is 0 Å². The molecule has 11 unspecified atom stereocenters.